The first-order chi connectivity index (χ1) is 12.3. The first-order valence-corrected chi connectivity index (χ1v) is 10.2. The number of aromatic nitrogens is 1. The Labute approximate surface area is 155 Å². The minimum Gasteiger partial charge on any atom is -0.361 e. The summed E-state index contributed by atoms with van der Waals surface area (Å²) in [6.07, 6.45) is 0.960. The number of hydrogen-bond acceptors (Lipinski definition) is 6. The maximum absolute atomic E-state index is 4.61. The van der Waals surface area contributed by atoms with Gasteiger partial charge in [0.05, 0.1) is 16.3 Å². The predicted octanol–water partition coefficient (Wildman–Crippen LogP) is 4.85. The van der Waals surface area contributed by atoms with Crippen LogP contribution in [0.1, 0.15) is 12.5 Å². The lowest BCUT2D eigenvalue weighted by Gasteiger charge is -2.08. The zero-order valence-corrected chi connectivity index (χ0v) is 15.7. The highest BCUT2D eigenvalue weighted by Gasteiger charge is 2.13. The molecule has 0 aliphatic carbocycles. The molecular formula is C19H20N4S2. The number of fused-ring (bicyclic) bond motifs is 1. The second kappa shape index (κ2) is 7.45. The van der Waals surface area contributed by atoms with E-state index in [2.05, 4.69) is 70.0 Å². The van der Waals surface area contributed by atoms with Gasteiger partial charge in [-0.2, -0.15) is 0 Å². The Morgan fingerprint density at radius 2 is 2.08 bits per heavy atom. The zero-order chi connectivity index (χ0) is 17.1. The quantitative estimate of drug-likeness (QED) is 0.676. The van der Waals surface area contributed by atoms with E-state index < -0.39 is 0 Å². The van der Waals surface area contributed by atoms with Crippen LogP contribution in [-0.4, -0.2) is 28.5 Å². The van der Waals surface area contributed by atoms with Gasteiger partial charge in [-0.05, 0) is 43.2 Å². The molecule has 0 saturated carbocycles. The lowest BCUT2D eigenvalue weighted by Crippen LogP contribution is -2.07. The maximum Gasteiger partial charge on any atom is 0.183 e. The van der Waals surface area contributed by atoms with Crippen molar-refractivity contribution in [3.05, 3.63) is 54.1 Å². The molecule has 2 aromatic carbocycles. The normalized spacial score (nSPS) is 16.8. The van der Waals surface area contributed by atoms with E-state index in [-0.39, 0.29) is 0 Å². The van der Waals surface area contributed by atoms with Crippen LogP contribution in [0.4, 0.5) is 10.8 Å². The molecule has 0 bridgehead atoms. The van der Waals surface area contributed by atoms with E-state index in [1.54, 1.807) is 23.1 Å². The SMILES string of the molecule is C[C@@H]1CSC(Nc2cccc(CCNc3nc4ccccc4s3)c2)=N1. The van der Waals surface area contributed by atoms with Crippen molar-refractivity contribution in [3.63, 3.8) is 0 Å². The summed E-state index contributed by atoms with van der Waals surface area (Å²) < 4.78 is 1.22. The molecule has 1 atom stereocenters. The molecule has 0 spiro atoms. The predicted molar refractivity (Wildman–Crippen MR) is 111 cm³/mol. The largest absolute Gasteiger partial charge is 0.361 e. The Balaban J connectivity index is 1.34. The fourth-order valence-electron chi connectivity index (χ4n) is 2.73. The standard InChI is InChI=1S/C19H20N4S2/c1-13-12-24-19(21-13)22-15-6-4-5-14(11-15)9-10-20-18-23-16-7-2-3-8-17(16)25-18/h2-8,11,13H,9-10,12H2,1H3,(H,20,23)(H,21,22)/t13-/m1/s1. The van der Waals surface area contributed by atoms with Crippen LogP contribution < -0.4 is 10.6 Å². The third-order valence-electron chi connectivity index (χ3n) is 3.96. The molecule has 0 saturated heterocycles. The molecule has 0 fully saturated rings. The summed E-state index contributed by atoms with van der Waals surface area (Å²) in [6, 6.07) is 17.2. The van der Waals surface area contributed by atoms with Gasteiger partial charge in [0, 0.05) is 18.0 Å². The summed E-state index contributed by atoms with van der Waals surface area (Å²) in [7, 11) is 0. The van der Waals surface area contributed by atoms with Crippen LogP contribution in [0.3, 0.4) is 0 Å². The minimum atomic E-state index is 0.411. The summed E-state index contributed by atoms with van der Waals surface area (Å²) in [5, 5.41) is 8.87. The van der Waals surface area contributed by atoms with Crippen molar-refractivity contribution in [1.29, 1.82) is 0 Å². The molecule has 6 heteroatoms. The van der Waals surface area contributed by atoms with Crippen LogP contribution in [0.2, 0.25) is 0 Å². The summed E-state index contributed by atoms with van der Waals surface area (Å²) in [5.41, 5.74) is 3.47. The van der Waals surface area contributed by atoms with Crippen molar-refractivity contribution in [2.24, 2.45) is 4.99 Å². The van der Waals surface area contributed by atoms with Gasteiger partial charge in [-0.3, -0.25) is 4.99 Å². The highest BCUT2D eigenvalue weighted by Crippen LogP contribution is 2.25. The highest BCUT2D eigenvalue weighted by molar-refractivity contribution is 8.14. The van der Waals surface area contributed by atoms with Gasteiger partial charge in [-0.25, -0.2) is 4.98 Å². The summed E-state index contributed by atoms with van der Waals surface area (Å²) in [6.45, 7) is 3.02. The van der Waals surface area contributed by atoms with Gasteiger partial charge in [-0.1, -0.05) is 47.4 Å². The monoisotopic (exact) mass is 368 g/mol. The Morgan fingerprint density at radius 3 is 2.92 bits per heavy atom. The molecule has 0 unspecified atom stereocenters. The number of aliphatic imine (C=N–C) groups is 1. The van der Waals surface area contributed by atoms with E-state index in [0.29, 0.717) is 6.04 Å². The molecular weight excluding hydrogens is 348 g/mol. The Morgan fingerprint density at radius 1 is 1.16 bits per heavy atom. The molecule has 2 heterocycles. The number of amidine groups is 1. The fourth-order valence-corrected chi connectivity index (χ4v) is 4.54. The number of thioether (sulfide) groups is 1. The second-order valence-corrected chi connectivity index (χ2v) is 8.12. The van der Waals surface area contributed by atoms with E-state index in [9.17, 15) is 0 Å². The molecule has 0 amide bonds. The Kier molecular flexibility index (Phi) is 4.90. The molecule has 1 aliphatic heterocycles. The van der Waals surface area contributed by atoms with Crippen LogP contribution in [0.5, 0.6) is 0 Å². The zero-order valence-electron chi connectivity index (χ0n) is 14.0. The van der Waals surface area contributed by atoms with Crippen LogP contribution in [-0.2, 0) is 6.42 Å². The summed E-state index contributed by atoms with van der Waals surface area (Å²) in [5.74, 6) is 1.06. The third-order valence-corrected chi connectivity index (χ3v) is 6.09. The van der Waals surface area contributed by atoms with Gasteiger partial charge in [0.2, 0.25) is 0 Å². The van der Waals surface area contributed by atoms with Crippen molar-refractivity contribution in [1.82, 2.24) is 4.98 Å². The average molecular weight is 369 g/mol. The van der Waals surface area contributed by atoms with Crippen LogP contribution in [0.25, 0.3) is 10.2 Å². The first-order valence-electron chi connectivity index (χ1n) is 8.42. The molecule has 3 aromatic rings. The van der Waals surface area contributed by atoms with Gasteiger partial charge in [0.1, 0.15) is 0 Å². The topological polar surface area (TPSA) is 49.3 Å². The van der Waals surface area contributed by atoms with Crippen molar-refractivity contribution in [2.75, 3.05) is 22.9 Å². The second-order valence-electron chi connectivity index (χ2n) is 6.08. The summed E-state index contributed by atoms with van der Waals surface area (Å²) >= 11 is 3.49. The van der Waals surface area contributed by atoms with Crippen LogP contribution in [0.15, 0.2) is 53.5 Å². The summed E-state index contributed by atoms with van der Waals surface area (Å²) in [4.78, 5) is 9.20. The number of thiazole rings is 1. The van der Waals surface area contributed by atoms with Gasteiger partial charge < -0.3 is 10.6 Å². The van der Waals surface area contributed by atoms with Crippen molar-refractivity contribution >= 4 is 49.3 Å². The number of para-hydroxylation sites is 1. The minimum absolute atomic E-state index is 0.411. The molecule has 0 radical (unpaired) electrons. The molecule has 128 valence electrons. The maximum atomic E-state index is 4.61. The smallest absolute Gasteiger partial charge is 0.183 e. The van der Waals surface area contributed by atoms with E-state index in [4.69, 9.17) is 0 Å². The molecule has 2 N–H and O–H groups in total. The highest BCUT2D eigenvalue weighted by atomic mass is 32.2. The third kappa shape index (κ3) is 4.14. The fraction of sp³-hybridized carbons (Fsp3) is 0.263. The number of nitrogens with zero attached hydrogens (tertiary/aromatic N) is 2. The molecule has 1 aromatic heterocycles. The molecule has 25 heavy (non-hydrogen) atoms. The van der Waals surface area contributed by atoms with Crippen LogP contribution in [0, 0.1) is 0 Å². The van der Waals surface area contributed by atoms with E-state index in [0.717, 1.165) is 40.2 Å². The molecule has 1 aliphatic rings. The van der Waals surface area contributed by atoms with Gasteiger partial charge in [0.15, 0.2) is 10.3 Å². The number of benzene rings is 2. The number of nitrogens with one attached hydrogen (secondary N) is 2. The number of rotatable bonds is 5. The Bertz CT molecular complexity index is 870. The van der Waals surface area contributed by atoms with E-state index in [1.807, 2.05) is 6.07 Å². The molecule has 4 nitrogen and oxygen atoms in total. The van der Waals surface area contributed by atoms with Crippen molar-refractivity contribution in [2.45, 2.75) is 19.4 Å². The number of hydrogen-bond donors (Lipinski definition) is 2. The van der Waals surface area contributed by atoms with E-state index in [1.165, 1.54) is 10.3 Å². The molecule has 4 rings (SSSR count). The van der Waals surface area contributed by atoms with Gasteiger partial charge in [0.25, 0.3) is 0 Å². The van der Waals surface area contributed by atoms with Gasteiger partial charge >= 0.3 is 0 Å². The number of anilines is 2. The lowest BCUT2D eigenvalue weighted by atomic mass is 10.1. The first kappa shape index (κ1) is 16.4. The van der Waals surface area contributed by atoms with Crippen LogP contribution >= 0.6 is 23.1 Å². The Hall–Kier alpha value is -2.05. The van der Waals surface area contributed by atoms with E-state index >= 15 is 0 Å². The van der Waals surface area contributed by atoms with Crippen molar-refractivity contribution in [3.8, 4) is 0 Å². The average Bonchev–Trinajstić information content (AvgIpc) is 3.21. The lowest BCUT2D eigenvalue weighted by molar-refractivity contribution is 0.865. The van der Waals surface area contributed by atoms with Crippen molar-refractivity contribution < 1.29 is 0 Å². The van der Waals surface area contributed by atoms with Gasteiger partial charge in [-0.15, -0.1) is 0 Å².